The van der Waals surface area contributed by atoms with Gasteiger partial charge in [0.25, 0.3) is 5.69 Å². The summed E-state index contributed by atoms with van der Waals surface area (Å²) in [7, 11) is 0. The van der Waals surface area contributed by atoms with Crippen LogP contribution in [-0.2, 0) is 0 Å². The fourth-order valence-electron chi connectivity index (χ4n) is 3.07. The van der Waals surface area contributed by atoms with Gasteiger partial charge in [-0.15, -0.1) is 0 Å². The molecule has 0 spiro atoms. The molecule has 6 heteroatoms. The van der Waals surface area contributed by atoms with Crippen molar-refractivity contribution in [2.45, 2.75) is 25.8 Å². The first-order valence-electron chi connectivity index (χ1n) is 7.12. The predicted octanol–water partition coefficient (Wildman–Crippen LogP) is 2.38. The van der Waals surface area contributed by atoms with Crippen molar-refractivity contribution >= 4 is 22.3 Å². The second kappa shape index (κ2) is 5.29. The van der Waals surface area contributed by atoms with Crippen LogP contribution in [0.4, 0.5) is 11.4 Å². The van der Waals surface area contributed by atoms with E-state index in [9.17, 15) is 10.1 Å². The molecule has 1 fully saturated rings. The molecule has 2 N–H and O–H groups in total. The zero-order valence-electron chi connectivity index (χ0n) is 12.0. The van der Waals surface area contributed by atoms with E-state index >= 15 is 0 Å². The van der Waals surface area contributed by atoms with Crippen LogP contribution in [0.1, 0.15) is 18.5 Å². The number of nitro benzene ring substituents is 1. The summed E-state index contributed by atoms with van der Waals surface area (Å²) in [6, 6.07) is 7.14. The number of nitrogens with zero attached hydrogens (tertiary/aromatic N) is 3. The number of aryl methyl sites for hydroxylation is 1. The number of non-ortho nitro benzene ring substituents is 1. The second-order valence-electron chi connectivity index (χ2n) is 5.47. The minimum absolute atomic E-state index is 0.0953. The number of pyridine rings is 1. The van der Waals surface area contributed by atoms with Crippen molar-refractivity contribution in [1.82, 2.24) is 4.98 Å². The molecule has 2 aromatic rings. The second-order valence-corrected chi connectivity index (χ2v) is 5.47. The van der Waals surface area contributed by atoms with Crippen LogP contribution in [0.3, 0.4) is 0 Å². The monoisotopic (exact) mass is 286 g/mol. The van der Waals surface area contributed by atoms with Crippen LogP contribution in [0.5, 0.6) is 0 Å². The normalized spacial score (nSPS) is 18.4. The molecule has 0 bridgehead atoms. The predicted molar refractivity (Wildman–Crippen MR) is 82.6 cm³/mol. The van der Waals surface area contributed by atoms with E-state index in [1.165, 1.54) is 6.07 Å². The molecular weight excluding hydrogens is 268 g/mol. The van der Waals surface area contributed by atoms with E-state index in [2.05, 4.69) is 9.88 Å². The van der Waals surface area contributed by atoms with Gasteiger partial charge >= 0.3 is 0 Å². The molecular formula is C15H18N4O2. The molecule has 21 heavy (non-hydrogen) atoms. The minimum atomic E-state index is -0.368. The summed E-state index contributed by atoms with van der Waals surface area (Å²) in [5.74, 6) is 0. The average Bonchev–Trinajstić information content (AvgIpc) is 2.94. The zero-order valence-corrected chi connectivity index (χ0v) is 12.0. The highest BCUT2D eigenvalue weighted by Gasteiger charge is 2.25. The molecule has 0 aliphatic carbocycles. The Hall–Kier alpha value is -2.21. The van der Waals surface area contributed by atoms with Crippen LogP contribution in [-0.4, -0.2) is 29.0 Å². The number of rotatable bonds is 3. The fraction of sp³-hybridized carbons (Fsp3) is 0.400. The zero-order chi connectivity index (χ0) is 15.0. The lowest BCUT2D eigenvalue weighted by atomic mass is 10.1. The van der Waals surface area contributed by atoms with Crippen molar-refractivity contribution in [3.8, 4) is 0 Å². The smallest absolute Gasteiger partial charge is 0.270 e. The van der Waals surface area contributed by atoms with Crippen molar-refractivity contribution < 1.29 is 4.92 Å². The Morgan fingerprint density at radius 2 is 2.29 bits per heavy atom. The van der Waals surface area contributed by atoms with Gasteiger partial charge in [0.2, 0.25) is 0 Å². The van der Waals surface area contributed by atoms with Crippen molar-refractivity contribution in [3.05, 3.63) is 40.1 Å². The Labute approximate surface area is 122 Å². The number of fused-ring (bicyclic) bond motifs is 1. The van der Waals surface area contributed by atoms with Gasteiger partial charge in [-0.3, -0.25) is 15.1 Å². The molecule has 0 radical (unpaired) electrons. The summed E-state index contributed by atoms with van der Waals surface area (Å²) in [5.41, 5.74) is 8.66. The van der Waals surface area contributed by atoms with Crippen LogP contribution in [0.25, 0.3) is 10.9 Å². The van der Waals surface area contributed by atoms with Gasteiger partial charge in [0.15, 0.2) is 0 Å². The van der Waals surface area contributed by atoms with Crippen LogP contribution in [0.15, 0.2) is 24.3 Å². The maximum absolute atomic E-state index is 11.0. The number of hydrogen-bond acceptors (Lipinski definition) is 5. The minimum Gasteiger partial charge on any atom is -0.367 e. The van der Waals surface area contributed by atoms with E-state index in [1.807, 2.05) is 13.0 Å². The summed E-state index contributed by atoms with van der Waals surface area (Å²) in [4.78, 5) is 17.4. The average molecular weight is 286 g/mol. The summed E-state index contributed by atoms with van der Waals surface area (Å²) in [5, 5.41) is 11.8. The first kappa shape index (κ1) is 13.8. The van der Waals surface area contributed by atoms with Crippen molar-refractivity contribution in [1.29, 1.82) is 0 Å². The molecule has 1 saturated heterocycles. The Kier molecular flexibility index (Phi) is 3.47. The topological polar surface area (TPSA) is 85.3 Å². The van der Waals surface area contributed by atoms with E-state index in [-0.39, 0.29) is 10.6 Å². The van der Waals surface area contributed by atoms with Crippen LogP contribution in [0, 0.1) is 17.0 Å². The van der Waals surface area contributed by atoms with Crippen LogP contribution in [0.2, 0.25) is 0 Å². The third-order valence-electron chi connectivity index (χ3n) is 4.07. The van der Waals surface area contributed by atoms with E-state index in [1.54, 1.807) is 12.1 Å². The molecule has 0 amide bonds. The van der Waals surface area contributed by atoms with Gasteiger partial charge in [-0.2, -0.15) is 0 Å². The summed E-state index contributed by atoms with van der Waals surface area (Å²) in [6.07, 6.45) is 2.16. The largest absolute Gasteiger partial charge is 0.367 e. The van der Waals surface area contributed by atoms with Crippen molar-refractivity contribution in [3.63, 3.8) is 0 Å². The Balaban J connectivity index is 2.19. The van der Waals surface area contributed by atoms with Crippen molar-refractivity contribution in [2.75, 3.05) is 18.0 Å². The number of nitrogens with two attached hydrogens (primary N) is 1. The SMILES string of the molecule is Cc1cc(N2CCCC2CN)c2cc([N+](=O)[O-])ccc2n1. The Bertz CT molecular complexity index is 701. The molecule has 1 aliphatic heterocycles. The van der Waals surface area contributed by atoms with Gasteiger partial charge in [-0.05, 0) is 31.9 Å². The maximum atomic E-state index is 11.0. The molecule has 3 rings (SSSR count). The van der Waals surface area contributed by atoms with Gasteiger partial charge < -0.3 is 10.6 Å². The summed E-state index contributed by atoms with van der Waals surface area (Å²) in [6.45, 7) is 3.47. The molecule has 1 unspecified atom stereocenters. The first-order chi connectivity index (χ1) is 10.1. The van der Waals surface area contributed by atoms with Gasteiger partial charge in [0.1, 0.15) is 0 Å². The Morgan fingerprint density at radius 1 is 1.48 bits per heavy atom. The summed E-state index contributed by atoms with van der Waals surface area (Å²) >= 11 is 0. The molecule has 2 heterocycles. The van der Waals surface area contributed by atoms with E-state index < -0.39 is 0 Å². The fourth-order valence-corrected chi connectivity index (χ4v) is 3.07. The third-order valence-corrected chi connectivity index (χ3v) is 4.07. The van der Waals surface area contributed by atoms with Gasteiger partial charge in [0, 0.05) is 48.0 Å². The van der Waals surface area contributed by atoms with Crippen LogP contribution >= 0.6 is 0 Å². The third kappa shape index (κ3) is 2.42. The lowest BCUT2D eigenvalue weighted by Gasteiger charge is -2.27. The van der Waals surface area contributed by atoms with E-state index in [0.717, 1.165) is 41.7 Å². The quantitative estimate of drug-likeness (QED) is 0.691. The highest BCUT2D eigenvalue weighted by molar-refractivity contribution is 5.93. The molecule has 1 aromatic carbocycles. The number of anilines is 1. The molecule has 1 atom stereocenters. The van der Waals surface area contributed by atoms with Gasteiger partial charge in [0.05, 0.1) is 10.4 Å². The highest BCUT2D eigenvalue weighted by atomic mass is 16.6. The molecule has 6 nitrogen and oxygen atoms in total. The van der Waals surface area contributed by atoms with E-state index in [0.29, 0.717) is 12.6 Å². The summed E-state index contributed by atoms with van der Waals surface area (Å²) < 4.78 is 0. The van der Waals surface area contributed by atoms with Gasteiger partial charge in [-0.25, -0.2) is 0 Å². The lowest BCUT2D eigenvalue weighted by Crippen LogP contribution is -2.35. The number of nitro groups is 1. The lowest BCUT2D eigenvalue weighted by molar-refractivity contribution is -0.384. The molecule has 1 aromatic heterocycles. The van der Waals surface area contributed by atoms with Crippen LogP contribution < -0.4 is 10.6 Å². The first-order valence-corrected chi connectivity index (χ1v) is 7.12. The number of aromatic nitrogens is 1. The number of benzene rings is 1. The maximum Gasteiger partial charge on any atom is 0.270 e. The Morgan fingerprint density at radius 3 is 3.00 bits per heavy atom. The van der Waals surface area contributed by atoms with Crippen molar-refractivity contribution in [2.24, 2.45) is 5.73 Å². The number of hydrogen-bond donors (Lipinski definition) is 1. The molecule has 1 aliphatic rings. The highest BCUT2D eigenvalue weighted by Crippen LogP contribution is 2.33. The molecule has 110 valence electrons. The van der Waals surface area contributed by atoms with E-state index in [4.69, 9.17) is 5.73 Å². The van der Waals surface area contributed by atoms with Gasteiger partial charge in [-0.1, -0.05) is 0 Å². The standard InChI is InChI=1S/C15H18N4O2/c1-10-7-15(18-6-2-3-12(18)9-16)13-8-11(19(20)21)4-5-14(13)17-10/h4-5,7-8,12H,2-3,6,9,16H2,1H3. The molecule has 0 saturated carbocycles.